The van der Waals surface area contributed by atoms with Crippen molar-refractivity contribution in [2.75, 3.05) is 13.2 Å². The second-order valence-corrected chi connectivity index (χ2v) is 2.98. The van der Waals surface area contributed by atoms with Gasteiger partial charge in [0.1, 0.15) is 0 Å². The second kappa shape index (κ2) is 3.70. The van der Waals surface area contributed by atoms with Crippen molar-refractivity contribution in [1.29, 1.82) is 0 Å². The minimum atomic E-state index is 0.503. The Morgan fingerprint density at radius 2 is 2.54 bits per heavy atom. The van der Waals surface area contributed by atoms with Gasteiger partial charge in [0.05, 0.1) is 12.3 Å². The van der Waals surface area contributed by atoms with Gasteiger partial charge >= 0.3 is 6.01 Å². The number of fused-ring (bicyclic) bond motifs is 1. The van der Waals surface area contributed by atoms with E-state index in [9.17, 15) is 0 Å². The van der Waals surface area contributed by atoms with E-state index in [1.807, 2.05) is 13.1 Å². The van der Waals surface area contributed by atoms with Crippen molar-refractivity contribution >= 4 is 0 Å². The van der Waals surface area contributed by atoms with Crippen molar-refractivity contribution in [2.24, 2.45) is 0 Å². The third-order valence-electron chi connectivity index (χ3n) is 2.06. The summed E-state index contributed by atoms with van der Waals surface area (Å²) in [6.45, 7) is 4.43. The topological polar surface area (TPSA) is 47.0 Å². The highest BCUT2D eigenvalue weighted by Crippen LogP contribution is 2.12. The predicted molar refractivity (Wildman–Crippen MR) is 48.6 cm³/mol. The Morgan fingerprint density at radius 3 is 3.38 bits per heavy atom. The highest BCUT2D eigenvalue weighted by atomic mass is 16.5. The molecule has 0 radical (unpaired) electrons. The zero-order valence-electron chi connectivity index (χ0n) is 7.71. The first kappa shape index (κ1) is 8.44. The normalized spacial score (nSPS) is 15.2. The van der Waals surface area contributed by atoms with Crippen molar-refractivity contribution in [3.8, 4) is 6.01 Å². The first-order valence-corrected chi connectivity index (χ1v) is 4.58. The molecule has 13 heavy (non-hydrogen) atoms. The van der Waals surface area contributed by atoms with Gasteiger partial charge < -0.3 is 10.1 Å². The zero-order chi connectivity index (χ0) is 9.10. The lowest BCUT2D eigenvalue weighted by Crippen LogP contribution is -2.24. The number of hydrogen-bond donors (Lipinski definition) is 1. The lowest BCUT2D eigenvalue weighted by atomic mass is 10.1. The molecule has 1 aromatic heterocycles. The van der Waals surface area contributed by atoms with Gasteiger partial charge in [-0.05, 0) is 6.92 Å². The van der Waals surface area contributed by atoms with Crippen molar-refractivity contribution < 1.29 is 4.74 Å². The van der Waals surface area contributed by atoms with Crippen LogP contribution in [0.15, 0.2) is 6.20 Å². The molecular weight excluding hydrogens is 166 g/mol. The van der Waals surface area contributed by atoms with Gasteiger partial charge in [0.2, 0.25) is 0 Å². The Morgan fingerprint density at radius 1 is 1.62 bits per heavy atom. The fourth-order valence-corrected chi connectivity index (χ4v) is 1.42. The summed E-state index contributed by atoms with van der Waals surface area (Å²) in [6.07, 6.45) is 2.82. The van der Waals surface area contributed by atoms with Crippen LogP contribution in [0.2, 0.25) is 0 Å². The number of aromatic nitrogens is 2. The van der Waals surface area contributed by atoms with Crippen LogP contribution in [0.25, 0.3) is 0 Å². The van der Waals surface area contributed by atoms with Crippen molar-refractivity contribution in [3.63, 3.8) is 0 Å². The SMILES string of the molecule is CCOc1ncc2c(n1)CCNC2. The summed E-state index contributed by atoms with van der Waals surface area (Å²) >= 11 is 0. The Hall–Kier alpha value is -1.16. The monoisotopic (exact) mass is 179 g/mol. The average molecular weight is 179 g/mol. The average Bonchev–Trinajstić information content (AvgIpc) is 2.18. The van der Waals surface area contributed by atoms with E-state index >= 15 is 0 Å². The fourth-order valence-electron chi connectivity index (χ4n) is 1.42. The largest absolute Gasteiger partial charge is 0.464 e. The molecule has 1 aliphatic heterocycles. The molecule has 2 rings (SSSR count). The lowest BCUT2D eigenvalue weighted by Gasteiger charge is -2.15. The van der Waals surface area contributed by atoms with E-state index < -0.39 is 0 Å². The van der Waals surface area contributed by atoms with Crippen LogP contribution in [-0.2, 0) is 13.0 Å². The molecule has 2 heterocycles. The van der Waals surface area contributed by atoms with E-state index in [1.165, 1.54) is 5.56 Å². The smallest absolute Gasteiger partial charge is 0.316 e. The van der Waals surface area contributed by atoms with Crippen LogP contribution in [-0.4, -0.2) is 23.1 Å². The van der Waals surface area contributed by atoms with Gasteiger partial charge in [-0.15, -0.1) is 0 Å². The molecule has 4 nitrogen and oxygen atoms in total. The van der Waals surface area contributed by atoms with Crippen LogP contribution in [0.3, 0.4) is 0 Å². The van der Waals surface area contributed by atoms with Crippen LogP contribution in [0.1, 0.15) is 18.2 Å². The molecule has 0 spiro atoms. The number of rotatable bonds is 2. The van der Waals surface area contributed by atoms with Gasteiger partial charge in [-0.3, -0.25) is 0 Å². The number of hydrogen-bond acceptors (Lipinski definition) is 4. The second-order valence-electron chi connectivity index (χ2n) is 2.98. The quantitative estimate of drug-likeness (QED) is 0.719. The minimum Gasteiger partial charge on any atom is -0.464 e. The molecule has 1 aromatic rings. The standard InChI is InChI=1S/C9H13N3O/c1-2-13-9-11-6-7-5-10-4-3-8(7)12-9/h6,10H,2-5H2,1H3. The predicted octanol–water partition coefficient (Wildman–Crippen LogP) is 0.521. The third kappa shape index (κ3) is 1.78. The minimum absolute atomic E-state index is 0.503. The molecule has 0 atom stereocenters. The maximum atomic E-state index is 5.23. The molecule has 70 valence electrons. The molecule has 1 aliphatic rings. The van der Waals surface area contributed by atoms with Gasteiger partial charge in [0.15, 0.2) is 0 Å². The van der Waals surface area contributed by atoms with Crippen LogP contribution in [0.5, 0.6) is 6.01 Å². The van der Waals surface area contributed by atoms with Gasteiger partial charge in [-0.25, -0.2) is 4.98 Å². The van der Waals surface area contributed by atoms with Crippen LogP contribution >= 0.6 is 0 Å². The van der Waals surface area contributed by atoms with Gasteiger partial charge in [0, 0.05) is 31.3 Å². The summed E-state index contributed by atoms with van der Waals surface area (Å²) in [5.74, 6) is 0. The number of nitrogens with zero attached hydrogens (tertiary/aromatic N) is 2. The zero-order valence-corrected chi connectivity index (χ0v) is 7.71. The molecular formula is C9H13N3O. The van der Waals surface area contributed by atoms with Crippen molar-refractivity contribution in [1.82, 2.24) is 15.3 Å². The van der Waals surface area contributed by atoms with E-state index in [1.54, 1.807) is 0 Å². The molecule has 0 unspecified atom stereocenters. The summed E-state index contributed by atoms with van der Waals surface area (Å²) < 4.78 is 5.23. The molecule has 0 bridgehead atoms. The number of ether oxygens (including phenoxy) is 1. The molecule has 0 saturated carbocycles. The molecule has 0 aliphatic carbocycles. The highest BCUT2D eigenvalue weighted by molar-refractivity contribution is 5.21. The van der Waals surface area contributed by atoms with E-state index in [2.05, 4.69) is 15.3 Å². The Bertz CT molecular complexity index is 301. The molecule has 0 saturated heterocycles. The van der Waals surface area contributed by atoms with E-state index in [0.29, 0.717) is 12.6 Å². The molecule has 4 heteroatoms. The van der Waals surface area contributed by atoms with Crippen LogP contribution in [0, 0.1) is 0 Å². The Kier molecular flexibility index (Phi) is 2.40. The van der Waals surface area contributed by atoms with Crippen LogP contribution < -0.4 is 10.1 Å². The Balaban J connectivity index is 2.24. The third-order valence-corrected chi connectivity index (χ3v) is 2.06. The van der Waals surface area contributed by atoms with Gasteiger partial charge in [0.25, 0.3) is 0 Å². The molecule has 0 aromatic carbocycles. The molecule has 0 amide bonds. The summed E-state index contributed by atoms with van der Waals surface area (Å²) in [6, 6.07) is 0.503. The van der Waals surface area contributed by atoms with Crippen molar-refractivity contribution in [3.05, 3.63) is 17.5 Å². The van der Waals surface area contributed by atoms with Gasteiger partial charge in [-0.1, -0.05) is 0 Å². The highest BCUT2D eigenvalue weighted by Gasteiger charge is 2.11. The summed E-state index contributed by atoms with van der Waals surface area (Å²) in [4.78, 5) is 8.44. The fraction of sp³-hybridized carbons (Fsp3) is 0.556. The molecule has 0 fully saturated rings. The van der Waals surface area contributed by atoms with E-state index in [4.69, 9.17) is 4.74 Å². The maximum absolute atomic E-state index is 5.23. The summed E-state index contributed by atoms with van der Waals surface area (Å²) in [5, 5.41) is 3.27. The Labute approximate surface area is 77.4 Å². The number of nitrogens with one attached hydrogen (secondary N) is 1. The van der Waals surface area contributed by atoms with Crippen molar-refractivity contribution in [2.45, 2.75) is 19.9 Å². The summed E-state index contributed by atoms with van der Waals surface area (Å²) in [5.41, 5.74) is 2.31. The maximum Gasteiger partial charge on any atom is 0.316 e. The van der Waals surface area contributed by atoms with Crippen LogP contribution in [0.4, 0.5) is 0 Å². The van der Waals surface area contributed by atoms with E-state index in [-0.39, 0.29) is 0 Å². The van der Waals surface area contributed by atoms with Gasteiger partial charge in [-0.2, -0.15) is 4.98 Å². The molecule has 1 N–H and O–H groups in total. The summed E-state index contributed by atoms with van der Waals surface area (Å²) in [7, 11) is 0. The first-order valence-electron chi connectivity index (χ1n) is 4.58. The lowest BCUT2D eigenvalue weighted by molar-refractivity contribution is 0.310. The van der Waals surface area contributed by atoms with E-state index in [0.717, 1.165) is 25.2 Å². The first-order chi connectivity index (χ1) is 6.40.